The van der Waals surface area contributed by atoms with E-state index in [2.05, 4.69) is 11.9 Å². The topological polar surface area (TPSA) is 12.9 Å². The van der Waals surface area contributed by atoms with Gasteiger partial charge in [0.2, 0.25) is 0 Å². The maximum atomic E-state index is 3.98. The first-order valence-corrected chi connectivity index (χ1v) is 3.59. The molecule has 0 spiro atoms. The van der Waals surface area contributed by atoms with E-state index < -0.39 is 0 Å². The van der Waals surface area contributed by atoms with E-state index in [-0.39, 0.29) is 0 Å². The van der Waals surface area contributed by atoms with Crippen LogP contribution in [0.4, 0.5) is 0 Å². The van der Waals surface area contributed by atoms with E-state index in [4.69, 9.17) is 0 Å². The molecule has 1 aromatic heterocycles. The van der Waals surface area contributed by atoms with E-state index in [0.717, 1.165) is 0 Å². The van der Waals surface area contributed by atoms with Crippen LogP contribution in [0.3, 0.4) is 0 Å². The van der Waals surface area contributed by atoms with Gasteiger partial charge in [0.25, 0.3) is 0 Å². The molecule has 0 aromatic carbocycles. The summed E-state index contributed by atoms with van der Waals surface area (Å²) < 4.78 is 0. The smallest absolute Gasteiger partial charge is 0.0267 e. The second-order valence-electron chi connectivity index (χ2n) is 2.29. The Morgan fingerprint density at radius 3 is 2.00 bits per heavy atom. The molecule has 0 saturated heterocycles. The number of aromatic nitrogens is 1. The summed E-state index contributed by atoms with van der Waals surface area (Å²) in [5.41, 5.74) is 1.24. The molecule has 0 bridgehead atoms. The number of rotatable bonds is 0. The number of aryl methyl sites for hydroxylation is 1. The van der Waals surface area contributed by atoms with Crippen LogP contribution in [0.15, 0.2) is 48.8 Å². The fourth-order valence-electron chi connectivity index (χ4n) is 0.719. The number of hydrogen-bond donors (Lipinski definition) is 0. The monoisotopic (exact) mass is 145 g/mol. The molecule has 56 valence electrons. The van der Waals surface area contributed by atoms with Gasteiger partial charge in [0.05, 0.1) is 0 Å². The molecule has 1 heteroatoms. The summed E-state index contributed by atoms with van der Waals surface area (Å²) in [6, 6.07) is 11.9. The highest BCUT2D eigenvalue weighted by molar-refractivity contribution is 5.07. The van der Waals surface area contributed by atoms with E-state index in [0.29, 0.717) is 0 Å². The maximum Gasteiger partial charge on any atom is 0.0267 e. The Morgan fingerprint density at radius 1 is 0.909 bits per heavy atom. The molecule has 1 heterocycles. The van der Waals surface area contributed by atoms with Gasteiger partial charge < -0.3 is 0 Å². The van der Waals surface area contributed by atoms with Crippen LogP contribution in [0.1, 0.15) is 5.56 Å². The molecule has 0 radical (unpaired) electrons. The molecule has 0 aliphatic carbocycles. The van der Waals surface area contributed by atoms with Crippen molar-refractivity contribution in [3.8, 4) is 0 Å². The van der Waals surface area contributed by atoms with Crippen LogP contribution in [-0.4, -0.2) is 4.98 Å². The normalized spacial score (nSPS) is 8.45. The van der Waals surface area contributed by atoms with Gasteiger partial charge in [-0.1, -0.05) is 29.8 Å². The molecule has 1 aromatic rings. The first-order chi connectivity index (χ1) is 5.39. The minimum Gasteiger partial charge on any atom is -0.265 e. The molecule has 1 nitrogen and oxygen atoms in total. The highest BCUT2D eigenvalue weighted by Gasteiger charge is 1.69. The number of nitrogens with zero attached hydrogens (tertiary/aromatic N) is 1. The third kappa shape index (κ3) is 3.36. The first-order valence-electron chi connectivity index (χ1n) is 3.59. The largest absolute Gasteiger partial charge is 0.265 e. The van der Waals surface area contributed by atoms with Gasteiger partial charge in [-0.2, -0.15) is 0 Å². The van der Waals surface area contributed by atoms with Crippen LogP contribution in [0.2, 0.25) is 0 Å². The highest BCUT2D eigenvalue weighted by atomic mass is 14.6. The van der Waals surface area contributed by atoms with E-state index >= 15 is 0 Å². The van der Waals surface area contributed by atoms with Crippen molar-refractivity contribution in [3.63, 3.8) is 0 Å². The lowest BCUT2D eigenvalue weighted by atomic mass is 10.3. The molecule has 0 saturated carbocycles. The zero-order valence-corrected chi connectivity index (χ0v) is 6.57. The molecule has 0 N–H and O–H groups in total. The lowest BCUT2D eigenvalue weighted by Crippen LogP contribution is -1.62. The number of hydrogen-bond acceptors (Lipinski definition) is 1. The lowest BCUT2D eigenvalue weighted by Gasteiger charge is -1.80. The van der Waals surface area contributed by atoms with Gasteiger partial charge in [-0.3, -0.25) is 4.98 Å². The quantitative estimate of drug-likeness (QED) is 0.546. The van der Waals surface area contributed by atoms with Crippen molar-refractivity contribution in [2.45, 2.75) is 6.92 Å². The fourth-order valence-corrected chi connectivity index (χ4v) is 0.719. The molecule has 0 unspecified atom stereocenters. The molecule has 0 aliphatic heterocycles. The van der Waals surface area contributed by atoms with Gasteiger partial charge >= 0.3 is 0 Å². The van der Waals surface area contributed by atoms with E-state index in [1.165, 1.54) is 5.56 Å². The van der Waals surface area contributed by atoms with E-state index in [1.54, 1.807) is 12.4 Å². The van der Waals surface area contributed by atoms with Gasteiger partial charge in [0.15, 0.2) is 0 Å². The first kappa shape index (κ1) is 7.73. The molecular weight excluding hydrogens is 134 g/mol. The molecule has 0 atom stereocenters. The van der Waals surface area contributed by atoms with Crippen molar-refractivity contribution < 1.29 is 0 Å². The highest BCUT2D eigenvalue weighted by Crippen LogP contribution is 1.88. The van der Waals surface area contributed by atoms with Crippen LogP contribution < -0.4 is 0 Å². The average molecular weight is 145 g/mol. The van der Waals surface area contributed by atoms with Crippen LogP contribution in [0.25, 0.3) is 0 Å². The molecule has 0 aliphatic rings. The average Bonchev–Trinajstić information content (AvgIpc) is 2.03. The predicted octanol–water partition coefficient (Wildman–Crippen LogP) is 2.51. The Hall–Kier alpha value is -1.37. The van der Waals surface area contributed by atoms with Crippen LogP contribution in [0, 0.1) is 6.92 Å². The zero-order valence-electron chi connectivity index (χ0n) is 6.57. The van der Waals surface area contributed by atoms with Crippen LogP contribution in [-0.2, 0) is 0 Å². The van der Waals surface area contributed by atoms with Gasteiger partial charge in [-0.05, 0) is 19.1 Å². The van der Waals surface area contributed by atoms with Gasteiger partial charge in [0, 0.05) is 12.4 Å². The molecular formula is C10H11N. The minimum atomic E-state index is 1.24. The van der Waals surface area contributed by atoms with E-state index in [9.17, 15) is 0 Å². The van der Waals surface area contributed by atoms with Crippen LogP contribution in [0.5, 0.6) is 0 Å². The Kier molecular flexibility index (Phi) is 3.13. The van der Waals surface area contributed by atoms with Crippen LogP contribution >= 0.6 is 0 Å². The van der Waals surface area contributed by atoms with Crippen molar-refractivity contribution in [2.24, 2.45) is 0 Å². The minimum absolute atomic E-state index is 1.24. The Labute approximate surface area is 67.1 Å². The maximum absolute atomic E-state index is 3.98. The lowest BCUT2D eigenvalue weighted by molar-refractivity contribution is 1.35. The van der Waals surface area contributed by atoms with Crippen molar-refractivity contribution >= 4 is 0 Å². The summed E-state index contributed by atoms with van der Waals surface area (Å²) >= 11 is 0. The van der Waals surface area contributed by atoms with Gasteiger partial charge in [-0.25, -0.2) is 0 Å². The summed E-state index contributed by atoms with van der Waals surface area (Å²) in [4.78, 5) is 3.98. The van der Waals surface area contributed by atoms with Gasteiger partial charge in [0.1, 0.15) is 0 Å². The van der Waals surface area contributed by atoms with Gasteiger partial charge in [-0.15, -0.1) is 0 Å². The third-order valence-corrected chi connectivity index (χ3v) is 1.28. The Balaban J connectivity index is 3.11. The molecule has 0 fully saturated rings. The Morgan fingerprint density at radius 2 is 1.45 bits per heavy atom. The van der Waals surface area contributed by atoms with E-state index in [1.807, 2.05) is 36.4 Å². The standard InChI is InChI=1S/C10H11N/c1-10-6-2-4-8-11-9-5-3-7-10/h2-9H,1H3. The SMILES string of the molecule is Cc1ccccncccc1. The molecule has 11 heavy (non-hydrogen) atoms. The van der Waals surface area contributed by atoms with Crippen molar-refractivity contribution in [1.82, 2.24) is 4.98 Å². The summed E-state index contributed by atoms with van der Waals surface area (Å²) in [6.45, 7) is 2.06. The Bertz CT molecular complexity index is 242. The summed E-state index contributed by atoms with van der Waals surface area (Å²) in [5.74, 6) is 0. The summed E-state index contributed by atoms with van der Waals surface area (Å²) in [5, 5.41) is 0. The molecule has 1 rings (SSSR count). The van der Waals surface area contributed by atoms with Crippen molar-refractivity contribution in [2.75, 3.05) is 0 Å². The second-order valence-corrected chi connectivity index (χ2v) is 2.29. The zero-order chi connectivity index (χ0) is 7.94. The second kappa shape index (κ2) is 4.45. The summed E-state index contributed by atoms with van der Waals surface area (Å²) in [7, 11) is 0. The summed E-state index contributed by atoms with van der Waals surface area (Å²) in [6.07, 6.45) is 3.53. The third-order valence-electron chi connectivity index (χ3n) is 1.28. The molecule has 0 amide bonds. The fraction of sp³-hybridized carbons (Fsp3) is 0.100. The predicted molar refractivity (Wildman–Crippen MR) is 46.6 cm³/mol. The van der Waals surface area contributed by atoms with Crippen molar-refractivity contribution in [3.05, 3.63) is 54.4 Å². The van der Waals surface area contributed by atoms with Crippen molar-refractivity contribution in [1.29, 1.82) is 0 Å².